The van der Waals surface area contributed by atoms with E-state index in [-0.39, 0.29) is 23.1 Å². The van der Waals surface area contributed by atoms with Gasteiger partial charge in [0.25, 0.3) is 11.8 Å². The number of oxime groups is 1. The number of hydrogen-bond donors (Lipinski definition) is 2. The average molecular weight is 399 g/mol. The SMILES string of the molecule is CON=C(C(=O)NC1CN(OCC(=O)OC(C)(C)C)C1=O)c1csc(N)n1. The fraction of sp³-hybridized carbons (Fsp3) is 0.533. The predicted octanol–water partition coefficient (Wildman–Crippen LogP) is -0.324. The number of amides is 2. The van der Waals surface area contributed by atoms with Gasteiger partial charge in [0, 0.05) is 5.38 Å². The van der Waals surface area contributed by atoms with E-state index in [1.807, 2.05) is 0 Å². The van der Waals surface area contributed by atoms with Crippen LogP contribution in [0.3, 0.4) is 0 Å². The van der Waals surface area contributed by atoms with Crippen molar-refractivity contribution in [2.24, 2.45) is 5.16 Å². The van der Waals surface area contributed by atoms with Gasteiger partial charge in [-0.2, -0.15) is 0 Å². The first kappa shape index (κ1) is 20.6. The van der Waals surface area contributed by atoms with Crippen LogP contribution in [0.2, 0.25) is 0 Å². The number of thiazole rings is 1. The van der Waals surface area contributed by atoms with Crippen LogP contribution in [0.4, 0.5) is 5.13 Å². The summed E-state index contributed by atoms with van der Waals surface area (Å²) < 4.78 is 5.08. The van der Waals surface area contributed by atoms with Crippen LogP contribution in [-0.2, 0) is 28.8 Å². The van der Waals surface area contributed by atoms with Crippen LogP contribution >= 0.6 is 11.3 Å². The van der Waals surface area contributed by atoms with E-state index >= 15 is 0 Å². The van der Waals surface area contributed by atoms with E-state index in [0.717, 1.165) is 16.4 Å². The van der Waals surface area contributed by atoms with Crippen LogP contribution in [0.15, 0.2) is 10.5 Å². The van der Waals surface area contributed by atoms with Crippen molar-refractivity contribution in [1.82, 2.24) is 15.4 Å². The first-order valence-electron chi connectivity index (χ1n) is 7.90. The minimum atomic E-state index is -0.811. The number of nitrogen functional groups attached to an aromatic ring is 1. The van der Waals surface area contributed by atoms with Crippen molar-refractivity contribution < 1.29 is 28.8 Å². The standard InChI is InChI=1S/C15H21N5O6S/c1-15(2,3)26-10(21)6-25-20-5-8(13(20)23)17-12(22)11(19-24-4)9-7-27-14(16)18-9/h7-8H,5-6H2,1-4H3,(H2,16,18)(H,17,22). The summed E-state index contributed by atoms with van der Waals surface area (Å²) in [6.07, 6.45) is 0. The maximum Gasteiger partial charge on any atom is 0.335 e. The van der Waals surface area contributed by atoms with Gasteiger partial charge in [0.1, 0.15) is 24.4 Å². The summed E-state index contributed by atoms with van der Waals surface area (Å²) in [5, 5.41) is 8.92. The first-order valence-corrected chi connectivity index (χ1v) is 8.78. The highest BCUT2D eigenvalue weighted by molar-refractivity contribution is 7.13. The number of esters is 1. The summed E-state index contributed by atoms with van der Waals surface area (Å²) in [5.74, 6) is -1.74. The maximum absolute atomic E-state index is 12.3. The molecule has 1 saturated heterocycles. The molecule has 0 saturated carbocycles. The number of carbonyl (C=O) groups is 3. The molecule has 1 aromatic heterocycles. The number of carbonyl (C=O) groups excluding carboxylic acids is 3. The van der Waals surface area contributed by atoms with Crippen molar-refractivity contribution in [1.29, 1.82) is 0 Å². The molecule has 0 aliphatic carbocycles. The lowest BCUT2D eigenvalue weighted by Gasteiger charge is -2.36. The summed E-state index contributed by atoms with van der Waals surface area (Å²) in [6.45, 7) is 4.84. The van der Waals surface area contributed by atoms with Crippen molar-refractivity contribution in [3.05, 3.63) is 11.1 Å². The Morgan fingerprint density at radius 3 is 2.70 bits per heavy atom. The van der Waals surface area contributed by atoms with E-state index in [0.29, 0.717) is 0 Å². The number of hydrogen-bond acceptors (Lipinski definition) is 10. The zero-order chi connectivity index (χ0) is 20.2. The van der Waals surface area contributed by atoms with E-state index in [1.54, 1.807) is 26.2 Å². The minimum Gasteiger partial charge on any atom is -0.458 e. The quantitative estimate of drug-likeness (QED) is 0.274. The number of β-lactam (4-membered cyclic amide) rings is 1. The Morgan fingerprint density at radius 1 is 1.48 bits per heavy atom. The molecule has 12 heteroatoms. The summed E-state index contributed by atoms with van der Waals surface area (Å²) in [4.78, 5) is 49.7. The molecule has 1 aliphatic rings. The van der Waals surface area contributed by atoms with Crippen LogP contribution in [0.5, 0.6) is 0 Å². The van der Waals surface area contributed by atoms with E-state index < -0.39 is 36.0 Å². The number of anilines is 1. The zero-order valence-corrected chi connectivity index (χ0v) is 16.2. The molecule has 148 valence electrons. The highest BCUT2D eigenvalue weighted by Gasteiger charge is 2.40. The van der Waals surface area contributed by atoms with Gasteiger partial charge in [-0.1, -0.05) is 5.16 Å². The molecule has 2 amide bonds. The van der Waals surface area contributed by atoms with Crippen molar-refractivity contribution in [3.8, 4) is 0 Å². The molecule has 3 N–H and O–H groups in total. The number of nitrogens with two attached hydrogens (primary N) is 1. The normalized spacial score (nSPS) is 17.3. The monoisotopic (exact) mass is 399 g/mol. The maximum atomic E-state index is 12.3. The Hall–Kier alpha value is -2.73. The van der Waals surface area contributed by atoms with Crippen molar-refractivity contribution in [3.63, 3.8) is 0 Å². The molecule has 11 nitrogen and oxygen atoms in total. The molecule has 2 rings (SSSR count). The fourth-order valence-corrected chi connectivity index (χ4v) is 2.59. The van der Waals surface area contributed by atoms with Gasteiger partial charge < -0.3 is 20.6 Å². The minimum absolute atomic E-state index is 0.0762. The van der Waals surface area contributed by atoms with Gasteiger partial charge in [0.15, 0.2) is 17.5 Å². The van der Waals surface area contributed by atoms with Crippen LogP contribution in [0, 0.1) is 0 Å². The fourth-order valence-electron chi connectivity index (χ4n) is 2.04. The Kier molecular flexibility index (Phi) is 6.33. The second kappa shape index (κ2) is 8.31. The molecule has 0 spiro atoms. The van der Waals surface area contributed by atoms with Crippen molar-refractivity contribution in [2.75, 3.05) is 26.0 Å². The molecule has 2 heterocycles. The second-order valence-corrected chi connectivity index (χ2v) is 7.37. The van der Waals surface area contributed by atoms with Gasteiger partial charge in [-0.25, -0.2) is 14.8 Å². The number of hydroxylamine groups is 2. The van der Waals surface area contributed by atoms with Crippen molar-refractivity contribution in [2.45, 2.75) is 32.4 Å². The molecular formula is C15H21N5O6S. The Bertz CT molecular complexity index is 756. The topological polar surface area (TPSA) is 145 Å². The average Bonchev–Trinajstić information content (AvgIpc) is 2.99. The molecule has 1 fully saturated rings. The van der Waals surface area contributed by atoms with Crippen LogP contribution in [-0.4, -0.2) is 65.4 Å². The third-order valence-electron chi connectivity index (χ3n) is 3.12. The van der Waals surface area contributed by atoms with E-state index in [1.165, 1.54) is 7.11 Å². The zero-order valence-electron chi connectivity index (χ0n) is 15.3. The van der Waals surface area contributed by atoms with Crippen LogP contribution in [0.1, 0.15) is 26.5 Å². The highest BCUT2D eigenvalue weighted by atomic mass is 32.1. The molecule has 1 aromatic rings. The van der Waals surface area contributed by atoms with E-state index in [2.05, 4.69) is 20.3 Å². The lowest BCUT2D eigenvalue weighted by Crippen LogP contribution is -2.64. The number of nitrogens with one attached hydrogen (secondary N) is 1. The van der Waals surface area contributed by atoms with Gasteiger partial charge in [0.05, 0.1) is 6.54 Å². The highest BCUT2D eigenvalue weighted by Crippen LogP contribution is 2.15. The number of ether oxygens (including phenoxy) is 1. The summed E-state index contributed by atoms with van der Waals surface area (Å²) >= 11 is 1.14. The Morgan fingerprint density at radius 2 is 2.19 bits per heavy atom. The summed E-state index contributed by atoms with van der Waals surface area (Å²) in [5.41, 5.74) is 5.04. The molecule has 0 bridgehead atoms. The van der Waals surface area contributed by atoms with Gasteiger partial charge >= 0.3 is 5.97 Å². The molecular weight excluding hydrogens is 378 g/mol. The first-order chi connectivity index (χ1) is 12.6. The number of nitrogens with zero attached hydrogens (tertiary/aromatic N) is 3. The molecule has 0 aromatic carbocycles. The summed E-state index contributed by atoms with van der Waals surface area (Å²) in [6, 6.07) is -0.811. The molecule has 0 radical (unpaired) electrons. The molecule has 1 atom stereocenters. The van der Waals surface area contributed by atoms with Crippen LogP contribution < -0.4 is 11.1 Å². The lowest BCUT2D eigenvalue weighted by atomic mass is 10.1. The molecule has 1 unspecified atom stereocenters. The number of aromatic nitrogens is 1. The third kappa shape index (κ3) is 5.62. The van der Waals surface area contributed by atoms with Gasteiger partial charge in [-0.05, 0) is 20.8 Å². The van der Waals surface area contributed by atoms with Gasteiger partial charge in [-0.3, -0.25) is 14.4 Å². The van der Waals surface area contributed by atoms with E-state index in [9.17, 15) is 14.4 Å². The number of rotatable bonds is 7. The van der Waals surface area contributed by atoms with Crippen molar-refractivity contribution >= 4 is 40.0 Å². The predicted molar refractivity (Wildman–Crippen MR) is 95.5 cm³/mol. The Labute approximate surface area is 159 Å². The second-order valence-electron chi connectivity index (χ2n) is 6.48. The van der Waals surface area contributed by atoms with Gasteiger partial charge in [-0.15, -0.1) is 11.3 Å². The molecule has 1 aliphatic heterocycles. The van der Waals surface area contributed by atoms with Crippen LogP contribution in [0.25, 0.3) is 0 Å². The molecule has 27 heavy (non-hydrogen) atoms. The van der Waals surface area contributed by atoms with E-state index in [4.69, 9.17) is 15.3 Å². The largest absolute Gasteiger partial charge is 0.458 e. The summed E-state index contributed by atoms with van der Waals surface area (Å²) in [7, 11) is 1.28. The lowest BCUT2D eigenvalue weighted by molar-refractivity contribution is -0.220. The third-order valence-corrected chi connectivity index (χ3v) is 3.79. The smallest absolute Gasteiger partial charge is 0.335 e. The Balaban J connectivity index is 1.85. The van der Waals surface area contributed by atoms with Gasteiger partial charge in [0.2, 0.25) is 0 Å².